The number of aliphatic carboxylic acids is 1. The van der Waals surface area contributed by atoms with E-state index >= 15 is 0 Å². The predicted octanol–water partition coefficient (Wildman–Crippen LogP) is 4.18. The molecule has 1 aromatic rings. The van der Waals surface area contributed by atoms with Crippen LogP contribution in [0.1, 0.15) is 50.5 Å². The van der Waals surface area contributed by atoms with E-state index in [1.165, 1.54) is 0 Å². The minimum atomic E-state index is -0.843. The summed E-state index contributed by atoms with van der Waals surface area (Å²) in [6.07, 6.45) is 6.50. The van der Waals surface area contributed by atoms with Gasteiger partial charge >= 0.3 is 5.97 Å². The first kappa shape index (κ1) is 15.1. The number of carboxylic acid groups (broad SMARTS) is 1. The van der Waals surface area contributed by atoms with Crippen LogP contribution < -0.4 is 9.47 Å². The lowest BCUT2D eigenvalue weighted by Gasteiger charge is -2.34. The smallest absolute Gasteiger partial charge is 0.314 e. The lowest BCUT2D eigenvalue weighted by atomic mass is 9.69. The number of hydrogen-bond donors (Lipinski definition) is 1. The number of carbonyl (C=O) groups is 1. The summed E-state index contributed by atoms with van der Waals surface area (Å²) in [6, 6.07) is 3.62. The first-order valence-electron chi connectivity index (χ1n) is 8.38. The van der Waals surface area contributed by atoms with Gasteiger partial charge in [-0.25, -0.2) is 0 Å². The van der Waals surface area contributed by atoms with Crippen molar-refractivity contribution in [2.45, 2.75) is 50.4 Å². The molecule has 1 heterocycles. The highest BCUT2D eigenvalue weighted by atomic mass is 35.5. The quantitative estimate of drug-likeness (QED) is 0.880. The van der Waals surface area contributed by atoms with Crippen molar-refractivity contribution >= 4 is 17.6 Å². The van der Waals surface area contributed by atoms with Gasteiger partial charge in [-0.3, -0.25) is 4.79 Å². The van der Waals surface area contributed by atoms with Crippen molar-refractivity contribution in [1.82, 2.24) is 0 Å². The van der Waals surface area contributed by atoms with Crippen molar-refractivity contribution in [2.75, 3.05) is 13.2 Å². The summed E-state index contributed by atoms with van der Waals surface area (Å²) < 4.78 is 11.8. The Kier molecular flexibility index (Phi) is 3.49. The third-order valence-electron chi connectivity index (χ3n) is 5.69. The molecular formula is C18H21ClO4. The highest BCUT2D eigenvalue weighted by Gasteiger charge is 2.47. The molecule has 1 aromatic carbocycles. The fourth-order valence-electron chi connectivity index (χ4n) is 3.84. The molecule has 0 atom stereocenters. The van der Waals surface area contributed by atoms with Gasteiger partial charge in [0.25, 0.3) is 0 Å². The van der Waals surface area contributed by atoms with Gasteiger partial charge in [0, 0.05) is 5.41 Å². The van der Waals surface area contributed by atoms with Gasteiger partial charge in [-0.1, -0.05) is 30.9 Å². The van der Waals surface area contributed by atoms with Crippen LogP contribution in [0.2, 0.25) is 5.02 Å². The molecule has 0 amide bonds. The third kappa shape index (κ3) is 2.47. The second-order valence-electron chi connectivity index (χ2n) is 7.31. The maximum Gasteiger partial charge on any atom is 0.314 e. The summed E-state index contributed by atoms with van der Waals surface area (Å²) in [7, 11) is 0. The standard InChI is InChI=1S/C18H21ClO4/c19-13-8-12(18(16(20)21)4-2-1-3-5-18)9-14-15(13)23-11-17(6-7-17)10-22-14/h8-9H,1-7,10-11H2,(H,20,21). The molecule has 0 saturated heterocycles. The van der Waals surface area contributed by atoms with Crippen molar-refractivity contribution in [3.8, 4) is 11.5 Å². The molecular weight excluding hydrogens is 316 g/mol. The largest absolute Gasteiger partial charge is 0.489 e. The van der Waals surface area contributed by atoms with E-state index < -0.39 is 11.4 Å². The zero-order chi connectivity index (χ0) is 16.1. The van der Waals surface area contributed by atoms with Crippen molar-refractivity contribution in [1.29, 1.82) is 0 Å². The molecule has 3 aliphatic rings. The number of hydrogen-bond acceptors (Lipinski definition) is 3. The van der Waals surface area contributed by atoms with E-state index in [4.69, 9.17) is 21.1 Å². The topological polar surface area (TPSA) is 55.8 Å². The molecule has 1 N–H and O–H groups in total. The van der Waals surface area contributed by atoms with Crippen LogP contribution in [-0.4, -0.2) is 24.3 Å². The molecule has 23 heavy (non-hydrogen) atoms. The zero-order valence-corrected chi connectivity index (χ0v) is 13.8. The Balaban J connectivity index is 1.74. The van der Waals surface area contributed by atoms with Crippen molar-refractivity contribution in [3.05, 3.63) is 22.7 Å². The van der Waals surface area contributed by atoms with Gasteiger partial charge in [-0.05, 0) is 43.4 Å². The van der Waals surface area contributed by atoms with Gasteiger partial charge in [0.05, 0.1) is 23.7 Å². The number of fused-ring (bicyclic) bond motifs is 1. The lowest BCUT2D eigenvalue weighted by Crippen LogP contribution is -2.37. The lowest BCUT2D eigenvalue weighted by molar-refractivity contribution is -0.145. The van der Waals surface area contributed by atoms with E-state index in [2.05, 4.69) is 0 Å². The van der Waals surface area contributed by atoms with E-state index in [-0.39, 0.29) is 5.41 Å². The molecule has 2 saturated carbocycles. The van der Waals surface area contributed by atoms with Crippen LogP contribution in [0.15, 0.2) is 12.1 Å². The molecule has 4 rings (SSSR count). The Labute approximate surface area is 140 Å². The predicted molar refractivity (Wildman–Crippen MR) is 86.5 cm³/mol. The maximum atomic E-state index is 12.0. The molecule has 0 unspecified atom stereocenters. The maximum absolute atomic E-state index is 12.0. The van der Waals surface area contributed by atoms with Crippen LogP contribution in [-0.2, 0) is 10.2 Å². The molecule has 2 aliphatic carbocycles. The van der Waals surface area contributed by atoms with Crippen LogP contribution >= 0.6 is 11.6 Å². The van der Waals surface area contributed by atoms with Gasteiger partial charge in [0.2, 0.25) is 0 Å². The fourth-order valence-corrected chi connectivity index (χ4v) is 4.10. The first-order valence-corrected chi connectivity index (χ1v) is 8.76. The Morgan fingerprint density at radius 2 is 1.74 bits per heavy atom. The number of carboxylic acids is 1. The Morgan fingerprint density at radius 1 is 1.04 bits per heavy atom. The summed E-state index contributed by atoms with van der Waals surface area (Å²) in [5.41, 5.74) is 0.0469. The first-order chi connectivity index (χ1) is 11.0. The van der Waals surface area contributed by atoms with E-state index in [1.54, 1.807) is 6.07 Å². The Hall–Kier alpha value is -1.42. The average Bonchev–Trinajstić information content (AvgIpc) is 3.35. The number of benzene rings is 1. The summed E-state index contributed by atoms with van der Waals surface area (Å²) in [4.78, 5) is 12.0. The summed E-state index contributed by atoms with van der Waals surface area (Å²) in [5, 5.41) is 10.3. The van der Waals surface area contributed by atoms with E-state index in [1.807, 2.05) is 6.07 Å². The Bertz CT molecular complexity index is 645. The molecule has 5 heteroatoms. The van der Waals surface area contributed by atoms with E-state index in [9.17, 15) is 9.90 Å². The SMILES string of the molecule is O=C(O)C1(c2cc(Cl)c3c(c2)OCC2(CC2)CO3)CCCCC1. The molecule has 4 nitrogen and oxygen atoms in total. The molecule has 2 fully saturated rings. The minimum absolute atomic E-state index is 0.137. The molecule has 0 aromatic heterocycles. The van der Waals surface area contributed by atoms with Crippen LogP contribution in [0, 0.1) is 5.41 Å². The molecule has 0 radical (unpaired) electrons. The fraction of sp³-hybridized carbons (Fsp3) is 0.611. The van der Waals surface area contributed by atoms with E-state index in [0.29, 0.717) is 42.6 Å². The Morgan fingerprint density at radius 3 is 2.39 bits per heavy atom. The van der Waals surface area contributed by atoms with Crippen molar-refractivity contribution in [2.24, 2.45) is 5.41 Å². The van der Waals surface area contributed by atoms with Crippen molar-refractivity contribution < 1.29 is 19.4 Å². The second kappa shape index (κ2) is 5.30. The average molecular weight is 337 g/mol. The summed E-state index contributed by atoms with van der Waals surface area (Å²) >= 11 is 6.42. The normalized spacial score (nSPS) is 24.0. The number of rotatable bonds is 2. The monoisotopic (exact) mass is 336 g/mol. The highest BCUT2D eigenvalue weighted by molar-refractivity contribution is 6.32. The van der Waals surface area contributed by atoms with Gasteiger partial charge < -0.3 is 14.6 Å². The number of ether oxygens (including phenoxy) is 2. The molecule has 1 spiro atoms. The third-order valence-corrected chi connectivity index (χ3v) is 5.97. The minimum Gasteiger partial charge on any atom is -0.489 e. The van der Waals surface area contributed by atoms with Gasteiger partial charge in [0.1, 0.15) is 0 Å². The van der Waals surface area contributed by atoms with Crippen LogP contribution in [0.4, 0.5) is 0 Å². The van der Waals surface area contributed by atoms with Gasteiger partial charge in [-0.15, -0.1) is 0 Å². The van der Waals surface area contributed by atoms with Crippen LogP contribution in [0.5, 0.6) is 11.5 Å². The number of halogens is 1. The van der Waals surface area contributed by atoms with Crippen LogP contribution in [0.3, 0.4) is 0 Å². The highest BCUT2D eigenvalue weighted by Crippen LogP contribution is 2.52. The van der Waals surface area contributed by atoms with E-state index in [0.717, 1.165) is 37.7 Å². The molecule has 124 valence electrons. The van der Waals surface area contributed by atoms with Crippen LogP contribution in [0.25, 0.3) is 0 Å². The van der Waals surface area contributed by atoms with Crippen molar-refractivity contribution in [3.63, 3.8) is 0 Å². The second-order valence-corrected chi connectivity index (χ2v) is 7.72. The summed E-state index contributed by atoms with van der Waals surface area (Å²) in [6.45, 7) is 1.25. The summed E-state index contributed by atoms with van der Waals surface area (Å²) in [5.74, 6) is 0.402. The molecule has 0 bridgehead atoms. The van der Waals surface area contributed by atoms with Gasteiger partial charge in [-0.2, -0.15) is 0 Å². The zero-order valence-electron chi connectivity index (χ0n) is 13.1. The molecule has 1 aliphatic heterocycles. The van der Waals surface area contributed by atoms with Gasteiger partial charge in [0.15, 0.2) is 11.5 Å².